The standard InChI is InChI=1S/C22H30N2O2S/c1-17(2)15-24-27(25,26)22-10-6-5-9-21(22)19-13-11-18(12-14-19)16-23-20-7-3-4-8-20/h5-6,9-14,17,20,23-24H,3-4,7-8,15-16H2,1-2H3. The number of hydrogen-bond donors (Lipinski definition) is 2. The van der Waals surface area contributed by atoms with Gasteiger partial charge >= 0.3 is 0 Å². The molecule has 2 N–H and O–H groups in total. The summed E-state index contributed by atoms with van der Waals surface area (Å²) in [4.78, 5) is 0.336. The first-order valence-corrected chi connectivity index (χ1v) is 11.4. The Morgan fingerprint density at radius 2 is 1.67 bits per heavy atom. The van der Waals surface area contributed by atoms with E-state index in [-0.39, 0.29) is 5.92 Å². The maximum atomic E-state index is 12.7. The molecule has 0 radical (unpaired) electrons. The minimum atomic E-state index is -3.53. The van der Waals surface area contributed by atoms with Gasteiger partial charge in [-0.3, -0.25) is 0 Å². The van der Waals surface area contributed by atoms with Crippen molar-refractivity contribution in [1.82, 2.24) is 10.0 Å². The van der Waals surface area contributed by atoms with E-state index < -0.39 is 10.0 Å². The van der Waals surface area contributed by atoms with Crippen LogP contribution in [-0.4, -0.2) is 21.0 Å². The molecule has 0 spiro atoms. The van der Waals surface area contributed by atoms with Crippen molar-refractivity contribution >= 4 is 10.0 Å². The number of rotatable bonds is 8. The lowest BCUT2D eigenvalue weighted by atomic mass is 10.0. The third-order valence-electron chi connectivity index (χ3n) is 5.07. The first-order chi connectivity index (χ1) is 13.0. The third-order valence-corrected chi connectivity index (χ3v) is 6.55. The van der Waals surface area contributed by atoms with E-state index in [1.54, 1.807) is 12.1 Å². The lowest BCUT2D eigenvalue weighted by molar-refractivity contribution is 0.524. The second-order valence-electron chi connectivity index (χ2n) is 7.80. The van der Waals surface area contributed by atoms with Crippen LogP contribution in [0.1, 0.15) is 45.1 Å². The molecule has 0 heterocycles. The Morgan fingerprint density at radius 1 is 1.00 bits per heavy atom. The van der Waals surface area contributed by atoms with Crippen molar-refractivity contribution in [2.45, 2.75) is 57.0 Å². The number of sulfonamides is 1. The predicted octanol–water partition coefficient (Wildman–Crippen LogP) is 4.32. The van der Waals surface area contributed by atoms with E-state index in [0.29, 0.717) is 17.5 Å². The molecule has 3 rings (SSSR count). The second kappa shape index (κ2) is 9.00. The number of hydrogen-bond acceptors (Lipinski definition) is 3. The Labute approximate surface area is 163 Å². The van der Waals surface area contributed by atoms with Gasteiger partial charge in [-0.15, -0.1) is 0 Å². The van der Waals surface area contributed by atoms with Gasteiger partial charge in [-0.2, -0.15) is 0 Å². The van der Waals surface area contributed by atoms with E-state index in [2.05, 4.69) is 22.2 Å². The van der Waals surface area contributed by atoms with Gasteiger partial charge in [-0.05, 0) is 36.0 Å². The van der Waals surface area contributed by atoms with E-state index in [1.807, 2.05) is 38.1 Å². The molecule has 0 atom stereocenters. The quantitative estimate of drug-likeness (QED) is 0.710. The topological polar surface area (TPSA) is 58.2 Å². The van der Waals surface area contributed by atoms with Crippen molar-refractivity contribution in [3.05, 3.63) is 54.1 Å². The van der Waals surface area contributed by atoms with Crippen molar-refractivity contribution in [2.75, 3.05) is 6.54 Å². The Morgan fingerprint density at radius 3 is 2.33 bits per heavy atom. The van der Waals surface area contributed by atoms with Crippen LogP contribution in [0.25, 0.3) is 11.1 Å². The summed E-state index contributed by atoms with van der Waals surface area (Å²) >= 11 is 0. The molecule has 0 amide bonds. The van der Waals surface area contributed by atoms with E-state index >= 15 is 0 Å². The van der Waals surface area contributed by atoms with Crippen LogP contribution in [0.5, 0.6) is 0 Å². The van der Waals surface area contributed by atoms with Crippen LogP contribution in [0.3, 0.4) is 0 Å². The third kappa shape index (κ3) is 5.41. The molecule has 0 bridgehead atoms. The summed E-state index contributed by atoms with van der Waals surface area (Å²) in [6.45, 7) is 5.28. The van der Waals surface area contributed by atoms with Crippen LogP contribution in [0.4, 0.5) is 0 Å². The molecule has 0 aromatic heterocycles. The van der Waals surface area contributed by atoms with Gasteiger partial charge in [0.25, 0.3) is 0 Å². The molecule has 0 unspecified atom stereocenters. The Kier molecular flexibility index (Phi) is 6.68. The summed E-state index contributed by atoms with van der Waals surface area (Å²) in [5.41, 5.74) is 2.89. The monoisotopic (exact) mass is 386 g/mol. The largest absolute Gasteiger partial charge is 0.310 e. The molecular weight excluding hydrogens is 356 g/mol. The lowest BCUT2D eigenvalue weighted by Gasteiger charge is -2.14. The van der Waals surface area contributed by atoms with Crippen LogP contribution >= 0.6 is 0 Å². The fourth-order valence-corrected chi connectivity index (χ4v) is 4.93. The van der Waals surface area contributed by atoms with Crippen LogP contribution in [0, 0.1) is 5.92 Å². The Hall–Kier alpha value is -1.69. The molecule has 5 heteroatoms. The van der Waals surface area contributed by atoms with Crippen molar-refractivity contribution < 1.29 is 8.42 Å². The minimum Gasteiger partial charge on any atom is -0.310 e. The average Bonchev–Trinajstić information content (AvgIpc) is 3.19. The summed E-state index contributed by atoms with van der Waals surface area (Å²) < 4.78 is 28.2. The van der Waals surface area contributed by atoms with Gasteiger partial charge in [0.1, 0.15) is 0 Å². The van der Waals surface area contributed by atoms with Crippen LogP contribution in [-0.2, 0) is 16.6 Å². The smallest absolute Gasteiger partial charge is 0.241 e. The molecule has 1 aliphatic carbocycles. The van der Waals surface area contributed by atoms with Crippen molar-refractivity contribution in [3.8, 4) is 11.1 Å². The lowest BCUT2D eigenvalue weighted by Crippen LogP contribution is -2.28. The summed E-state index contributed by atoms with van der Waals surface area (Å²) in [6.07, 6.45) is 5.19. The van der Waals surface area contributed by atoms with Crippen molar-refractivity contribution in [3.63, 3.8) is 0 Å². The first-order valence-electron chi connectivity index (χ1n) is 9.87. The zero-order chi connectivity index (χ0) is 19.3. The highest BCUT2D eigenvalue weighted by Gasteiger charge is 2.19. The van der Waals surface area contributed by atoms with E-state index in [9.17, 15) is 8.42 Å². The molecule has 2 aromatic carbocycles. The molecule has 27 heavy (non-hydrogen) atoms. The second-order valence-corrected chi connectivity index (χ2v) is 9.54. The Balaban J connectivity index is 1.76. The molecule has 146 valence electrons. The molecule has 0 aliphatic heterocycles. The highest BCUT2D eigenvalue weighted by molar-refractivity contribution is 7.89. The molecule has 1 fully saturated rings. The van der Waals surface area contributed by atoms with Gasteiger partial charge in [-0.25, -0.2) is 13.1 Å². The summed E-state index contributed by atoms with van der Waals surface area (Å²) in [5.74, 6) is 0.263. The summed E-state index contributed by atoms with van der Waals surface area (Å²) in [7, 11) is -3.53. The molecule has 1 aliphatic rings. The van der Waals surface area contributed by atoms with Crippen LogP contribution in [0.2, 0.25) is 0 Å². The fourth-order valence-electron chi connectivity index (χ4n) is 3.49. The van der Waals surface area contributed by atoms with Gasteiger partial charge in [-0.1, -0.05) is 69.2 Å². The molecule has 4 nitrogen and oxygen atoms in total. The normalized spacial score (nSPS) is 15.5. The average molecular weight is 387 g/mol. The highest BCUT2D eigenvalue weighted by Crippen LogP contribution is 2.27. The SMILES string of the molecule is CC(C)CNS(=O)(=O)c1ccccc1-c1ccc(CNC2CCCC2)cc1. The summed E-state index contributed by atoms with van der Waals surface area (Å²) in [5, 5.41) is 3.61. The van der Waals surface area contributed by atoms with Gasteiger partial charge < -0.3 is 5.32 Å². The van der Waals surface area contributed by atoms with Gasteiger partial charge in [0.05, 0.1) is 4.90 Å². The zero-order valence-corrected chi connectivity index (χ0v) is 17.1. The van der Waals surface area contributed by atoms with Crippen molar-refractivity contribution in [1.29, 1.82) is 0 Å². The van der Waals surface area contributed by atoms with Crippen LogP contribution in [0.15, 0.2) is 53.4 Å². The van der Waals surface area contributed by atoms with Gasteiger partial charge in [0.15, 0.2) is 0 Å². The molecular formula is C22H30N2O2S. The van der Waals surface area contributed by atoms with E-state index in [1.165, 1.54) is 31.2 Å². The first kappa shape index (κ1) is 20.1. The molecule has 2 aromatic rings. The van der Waals surface area contributed by atoms with Gasteiger partial charge in [0.2, 0.25) is 10.0 Å². The minimum absolute atomic E-state index is 0.263. The maximum absolute atomic E-state index is 12.7. The predicted molar refractivity (Wildman–Crippen MR) is 111 cm³/mol. The highest BCUT2D eigenvalue weighted by atomic mass is 32.2. The maximum Gasteiger partial charge on any atom is 0.241 e. The number of benzene rings is 2. The van der Waals surface area contributed by atoms with Crippen LogP contribution < -0.4 is 10.0 Å². The zero-order valence-electron chi connectivity index (χ0n) is 16.2. The Bertz CT molecular complexity index is 839. The van der Waals surface area contributed by atoms with E-state index in [4.69, 9.17) is 0 Å². The summed E-state index contributed by atoms with van der Waals surface area (Å²) in [6, 6.07) is 16.0. The van der Waals surface area contributed by atoms with E-state index in [0.717, 1.165) is 17.7 Å². The number of nitrogens with one attached hydrogen (secondary N) is 2. The fraction of sp³-hybridized carbons (Fsp3) is 0.455. The van der Waals surface area contributed by atoms with Crippen molar-refractivity contribution in [2.24, 2.45) is 5.92 Å². The molecule has 1 saturated carbocycles. The van der Waals surface area contributed by atoms with Gasteiger partial charge in [0, 0.05) is 24.7 Å². The molecule has 0 saturated heterocycles.